The van der Waals surface area contributed by atoms with E-state index in [4.69, 9.17) is 4.74 Å². The Bertz CT molecular complexity index is 878. The fourth-order valence-electron chi connectivity index (χ4n) is 3.75. The molecule has 1 fully saturated rings. The summed E-state index contributed by atoms with van der Waals surface area (Å²) in [4.78, 5) is 29.9. The SMILES string of the molecule is CC(=O)N(CC(=O)N1CCc2sccc2C1COc1ccc(F)cc1)CC1CC1. The van der Waals surface area contributed by atoms with Gasteiger partial charge in [-0.15, -0.1) is 11.3 Å². The van der Waals surface area contributed by atoms with E-state index in [1.54, 1.807) is 28.4 Å². The van der Waals surface area contributed by atoms with Crippen LogP contribution in [0.25, 0.3) is 0 Å². The number of nitrogens with zero attached hydrogens (tertiary/aromatic N) is 2. The first-order valence-electron chi connectivity index (χ1n) is 10.0. The van der Waals surface area contributed by atoms with Gasteiger partial charge in [-0.1, -0.05) is 0 Å². The number of fused-ring (bicyclic) bond motifs is 1. The van der Waals surface area contributed by atoms with Gasteiger partial charge in [0.15, 0.2) is 0 Å². The Morgan fingerprint density at radius 2 is 2.00 bits per heavy atom. The molecule has 154 valence electrons. The Morgan fingerprint density at radius 3 is 2.69 bits per heavy atom. The number of thiophene rings is 1. The number of halogens is 1. The van der Waals surface area contributed by atoms with E-state index in [9.17, 15) is 14.0 Å². The average Bonchev–Trinajstić information content (AvgIpc) is 3.39. The summed E-state index contributed by atoms with van der Waals surface area (Å²) in [6.45, 7) is 3.20. The molecule has 2 heterocycles. The molecule has 2 aromatic rings. The van der Waals surface area contributed by atoms with Crippen LogP contribution in [0.2, 0.25) is 0 Å². The molecule has 1 atom stereocenters. The maximum Gasteiger partial charge on any atom is 0.242 e. The number of hydrogen-bond donors (Lipinski definition) is 0. The maximum atomic E-state index is 13.1. The van der Waals surface area contributed by atoms with Crippen molar-refractivity contribution in [1.29, 1.82) is 0 Å². The lowest BCUT2D eigenvalue weighted by atomic mass is 10.0. The van der Waals surface area contributed by atoms with Crippen LogP contribution < -0.4 is 4.74 Å². The van der Waals surface area contributed by atoms with Gasteiger partial charge in [0.25, 0.3) is 0 Å². The minimum atomic E-state index is -0.313. The predicted octanol–water partition coefficient (Wildman–Crippen LogP) is 3.65. The highest BCUT2D eigenvalue weighted by atomic mass is 32.1. The van der Waals surface area contributed by atoms with E-state index in [1.165, 1.54) is 23.9 Å². The van der Waals surface area contributed by atoms with Crippen LogP contribution in [0.1, 0.15) is 36.2 Å². The predicted molar refractivity (Wildman–Crippen MR) is 109 cm³/mol. The zero-order valence-corrected chi connectivity index (χ0v) is 17.3. The van der Waals surface area contributed by atoms with Crippen LogP contribution in [-0.4, -0.2) is 47.9 Å². The third-order valence-corrected chi connectivity index (χ3v) is 6.58. The summed E-state index contributed by atoms with van der Waals surface area (Å²) in [7, 11) is 0. The summed E-state index contributed by atoms with van der Waals surface area (Å²) in [6, 6.07) is 7.73. The van der Waals surface area contributed by atoms with E-state index in [0.717, 1.165) is 24.8 Å². The normalized spacial score (nSPS) is 18.3. The molecular formula is C22H25FN2O3S. The molecule has 1 aliphatic heterocycles. The summed E-state index contributed by atoms with van der Waals surface area (Å²) < 4.78 is 19.0. The van der Waals surface area contributed by atoms with Crippen molar-refractivity contribution in [3.05, 3.63) is 52.0 Å². The van der Waals surface area contributed by atoms with Crippen LogP contribution >= 0.6 is 11.3 Å². The Balaban J connectivity index is 1.48. The first kappa shape index (κ1) is 19.9. The largest absolute Gasteiger partial charge is 0.491 e. The van der Waals surface area contributed by atoms with Gasteiger partial charge in [-0.05, 0) is 66.5 Å². The summed E-state index contributed by atoms with van der Waals surface area (Å²) >= 11 is 1.69. The molecule has 0 spiro atoms. The highest BCUT2D eigenvalue weighted by Crippen LogP contribution is 2.34. The van der Waals surface area contributed by atoms with Gasteiger partial charge in [0.2, 0.25) is 11.8 Å². The lowest BCUT2D eigenvalue weighted by molar-refractivity contribution is -0.142. The van der Waals surface area contributed by atoms with Crippen molar-refractivity contribution >= 4 is 23.2 Å². The summed E-state index contributed by atoms with van der Waals surface area (Å²) in [6.07, 6.45) is 3.08. The maximum absolute atomic E-state index is 13.1. The molecule has 0 saturated heterocycles. The number of benzene rings is 1. The zero-order chi connectivity index (χ0) is 20.4. The number of ether oxygens (including phenoxy) is 1. The van der Waals surface area contributed by atoms with Gasteiger partial charge in [0, 0.05) is 24.9 Å². The second-order valence-electron chi connectivity index (χ2n) is 7.76. The Labute approximate surface area is 174 Å². The van der Waals surface area contributed by atoms with Gasteiger partial charge < -0.3 is 14.5 Å². The van der Waals surface area contributed by atoms with Crippen molar-refractivity contribution in [3.63, 3.8) is 0 Å². The molecule has 1 aromatic carbocycles. The monoisotopic (exact) mass is 416 g/mol. The molecule has 0 N–H and O–H groups in total. The van der Waals surface area contributed by atoms with E-state index in [2.05, 4.69) is 0 Å². The fourth-order valence-corrected chi connectivity index (χ4v) is 4.68. The smallest absolute Gasteiger partial charge is 0.242 e. The molecule has 4 rings (SSSR count). The molecular weight excluding hydrogens is 391 g/mol. The highest BCUT2D eigenvalue weighted by molar-refractivity contribution is 7.10. The quantitative estimate of drug-likeness (QED) is 0.692. The van der Waals surface area contributed by atoms with Gasteiger partial charge in [-0.25, -0.2) is 4.39 Å². The van der Waals surface area contributed by atoms with E-state index < -0.39 is 0 Å². The molecule has 1 unspecified atom stereocenters. The molecule has 0 radical (unpaired) electrons. The lowest BCUT2D eigenvalue weighted by Gasteiger charge is -2.37. The van der Waals surface area contributed by atoms with E-state index in [1.807, 2.05) is 16.3 Å². The molecule has 29 heavy (non-hydrogen) atoms. The van der Waals surface area contributed by atoms with Crippen LogP contribution in [0.15, 0.2) is 35.7 Å². The van der Waals surface area contributed by atoms with Crippen molar-refractivity contribution in [2.45, 2.75) is 32.2 Å². The molecule has 1 aliphatic carbocycles. The van der Waals surface area contributed by atoms with Crippen LogP contribution in [-0.2, 0) is 16.0 Å². The van der Waals surface area contributed by atoms with Gasteiger partial charge in [-0.3, -0.25) is 9.59 Å². The molecule has 1 aromatic heterocycles. The Morgan fingerprint density at radius 1 is 1.24 bits per heavy atom. The lowest BCUT2D eigenvalue weighted by Crippen LogP contribution is -2.47. The third-order valence-electron chi connectivity index (χ3n) is 5.58. The molecule has 2 amide bonds. The van der Waals surface area contributed by atoms with E-state index >= 15 is 0 Å². The van der Waals surface area contributed by atoms with Gasteiger partial charge in [0.05, 0.1) is 12.6 Å². The number of hydrogen-bond acceptors (Lipinski definition) is 4. The van der Waals surface area contributed by atoms with Crippen LogP contribution in [0, 0.1) is 11.7 Å². The number of carbonyl (C=O) groups is 2. The Kier molecular flexibility index (Phi) is 5.85. The van der Waals surface area contributed by atoms with Gasteiger partial charge in [-0.2, -0.15) is 0 Å². The minimum absolute atomic E-state index is 0.0505. The molecule has 0 bridgehead atoms. The van der Waals surface area contributed by atoms with Crippen molar-refractivity contribution in [1.82, 2.24) is 9.80 Å². The molecule has 7 heteroatoms. The molecule has 1 saturated carbocycles. The zero-order valence-electron chi connectivity index (χ0n) is 16.5. The van der Waals surface area contributed by atoms with Crippen molar-refractivity contribution in [3.8, 4) is 5.75 Å². The number of carbonyl (C=O) groups excluding carboxylic acids is 2. The second-order valence-corrected chi connectivity index (χ2v) is 8.76. The summed E-state index contributed by atoms with van der Waals surface area (Å²) in [5.41, 5.74) is 1.10. The Hall–Kier alpha value is -2.41. The molecule has 5 nitrogen and oxygen atoms in total. The second kappa shape index (κ2) is 8.53. The standard InChI is InChI=1S/C22H25FN2O3S/c1-15(26)24(12-16-2-3-16)13-22(27)25-10-8-21-19(9-11-29-21)20(25)14-28-18-6-4-17(23)5-7-18/h4-7,9,11,16,20H,2-3,8,10,12-14H2,1H3. The number of rotatable bonds is 7. The molecule has 2 aliphatic rings. The highest BCUT2D eigenvalue weighted by Gasteiger charge is 2.34. The van der Waals surface area contributed by atoms with Gasteiger partial charge >= 0.3 is 0 Å². The van der Waals surface area contributed by atoms with E-state index in [-0.39, 0.29) is 30.2 Å². The average molecular weight is 417 g/mol. The minimum Gasteiger partial charge on any atom is -0.491 e. The number of amides is 2. The summed E-state index contributed by atoms with van der Waals surface area (Å²) in [5, 5.41) is 2.04. The summed E-state index contributed by atoms with van der Waals surface area (Å²) in [5.74, 6) is 0.685. The van der Waals surface area contributed by atoms with Crippen molar-refractivity contribution < 1.29 is 18.7 Å². The first-order chi connectivity index (χ1) is 14.0. The first-order valence-corrected chi connectivity index (χ1v) is 10.9. The van der Waals surface area contributed by atoms with Crippen LogP contribution in [0.4, 0.5) is 4.39 Å². The van der Waals surface area contributed by atoms with Crippen LogP contribution in [0.5, 0.6) is 5.75 Å². The van der Waals surface area contributed by atoms with Crippen LogP contribution in [0.3, 0.4) is 0 Å². The third kappa shape index (κ3) is 4.78. The van der Waals surface area contributed by atoms with E-state index in [0.29, 0.717) is 31.4 Å². The topological polar surface area (TPSA) is 49.9 Å². The van der Waals surface area contributed by atoms with Gasteiger partial charge in [0.1, 0.15) is 18.2 Å². The van der Waals surface area contributed by atoms with Crippen molar-refractivity contribution in [2.75, 3.05) is 26.2 Å². The van der Waals surface area contributed by atoms with Crippen molar-refractivity contribution in [2.24, 2.45) is 5.92 Å². The fraction of sp³-hybridized carbons (Fsp3) is 0.455.